The Hall–Kier alpha value is -2.69. The summed E-state index contributed by atoms with van der Waals surface area (Å²) in [5, 5.41) is -0.648. The highest BCUT2D eigenvalue weighted by Crippen LogP contribution is 2.36. The quantitative estimate of drug-likeness (QED) is 0.467. The van der Waals surface area contributed by atoms with E-state index in [1.165, 1.54) is 6.20 Å². The molecule has 0 radical (unpaired) electrons. The minimum Gasteiger partial charge on any atom is -0.287 e. The van der Waals surface area contributed by atoms with Gasteiger partial charge in [0.2, 0.25) is 5.78 Å². The van der Waals surface area contributed by atoms with E-state index in [9.17, 15) is 26.4 Å². The molecule has 0 saturated carbocycles. The molecule has 12 heteroatoms. The fourth-order valence-corrected chi connectivity index (χ4v) is 4.41. The Morgan fingerprint density at radius 2 is 1.75 bits per heavy atom. The molecule has 0 unspecified atom stereocenters. The molecule has 0 aliphatic heterocycles. The van der Waals surface area contributed by atoms with Crippen molar-refractivity contribution >= 4 is 44.7 Å². The number of pyridine rings is 2. The first kappa shape index (κ1) is 24.0. The molecule has 32 heavy (non-hydrogen) atoms. The van der Waals surface area contributed by atoms with Crippen LogP contribution in [0.5, 0.6) is 0 Å². The minimum atomic E-state index is -4.86. The number of aromatic nitrogens is 2. The summed E-state index contributed by atoms with van der Waals surface area (Å²) in [6.07, 6.45) is -2.20. The van der Waals surface area contributed by atoms with Crippen molar-refractivity contribution in [2.45, 2.75) is 24.9 Å². The van der Waals surface area contributed by atoms with E-state index in [0.29, 0.717) is 17.3 Å². The van der Waals surface area contributed by atoms with Crippen LogP contribution in [0.3, 0.4) is 0 Å². The molecule has 168 valence electrons. The van der Waals surface area contributed by atoms with Gasteiger partial charge in [-0.1, -0.05) is 23.2 Å². The molecule has 2 heterocycles. The van der Waals surface area contributed by atoms with Gasteiger partial charge in [0.05, 0.1) is 26.2 Å². The molecule has 0 atom stereocenters. The van der Waals surface area contributed by atoms with Gasteiger partial charge in [-0.15, -0.1) is 0 Å². The molecule has 0 spiro atoms. The number of ketones is 1. The molecule has 2 aromatic heterocycles. The van der Waals surface area contributed by atoms with Crippen molar-refractivity contribution in [1.82, 2.24) is 9.97 Å². The molecule has 0 amide bonds. The number of benzene rings is 1. The van der Waals surface area contributed by atoms with Crippen LogP contribution in [-0.4, -0.2) is 24.2 Å². The number of sulfonamides is 1. The second kappa shape index (κ2) is 8.68. The average Bonchev–Trinajstić information content (AvgIpc) is 2.66. The zero-order valence-corrected chi connectivity index (χ0v) is 18.8. The van der Waals surface area contributed by atoms with Crippen molar-refractivity contribution in [2.75, 3.05) is 4.72 Å². The van der Waals surface area contributed by atoms with Crippen LogP contribution in [0.15, 0.2) is 47.6 Å². The number of nitrogens with zero attached hydrogens (tertiary/aromatic N) is 2. The van der Waals surface area contributed by atoms with E-state index in [4.69, 9.17) is 23.2 Å². The van der Waals surface area contributed by atoms with Crippen LogP contribution >= 0.6 is 23.2 Å². The Morgan fingerprint density at radius 3 is 2.38 bits per heavy atom. The summed E-state index contributed by atoms with van der Waals surface area (Å²) in [5.41, 5.74) is -0.706. The highest BCUT2D eigenvalue weighted by Gasteiger charge is 2.35. The number of hydrogen-bond acceptors (Lipinski definition) is 5. The molecule has 1 aromatic carbocycles. The van der Waals surface area contributed by atoms with Gasteiger partial charge in [-0.05, 0) is 49.7 Å². The van der Waals surface area contributed by atoms with Crippen molar-refractivity contribution in [2.24, 2.45) is 0 Å². The molecule has 0 fully saturated rings. The number of hydrogen-bond donors (Lipinski definition) is 1. The second-order valence-electron chi connectivity index (χ2n) is 6.71. The molecule has 3 rings (SSSR count). The van der Waals surface area contributed by atoms with Crippen LogP contribution in [0.2, 0.25) is 10.0 Å². The number of rotatable bonds is 5. The summed E-state index contributed by atoms with van der Waals surface area (Å²) < 4.78 is 67.2. The van der Waals surface area contributed by atoms with Gasteiger partial charge in [-0.3, -0.25) is 14.5 Å². The summed E-state index contributed by atoms with van der Waals surface area (Å²) in [7, 11) is -4.56. The summed E-state index contributed by atoms with van der Waals surface area (Å²) in [6, 6.07) is 4.88. The number of nitrogens with one attached hydrogen (secondary N) is 1. The molecule has 0 aliphatic rings. The maximum Gasteiger partial charge on any atom is 0.417 e. The monoisotopic (exact) mass is 503 g/mol. The van der Waals surface area contributed by atoms with Gasteiger partial charge >= 0.3 is 6.18 Å². The standard InChI is InChI=1S/C20H14Cl2F3N3O3S/c1-10-5-6-26-11(2)17(10)19(29)18-16(7-12(21)9-27-18)28-32(30,31)13-3-4-15(22)14(8-13)20(23,24)25/h3-9,28H,1-2H3. The van der Waals surface area contributed by atoms with Gasteiger partial charge in [0.1, 0.15) is 5.69 Å². The highest BCUT2D eigenvalue weighted by molar-refractivity contribution is 7.92. The van der Waals surface area contributed by atoms with Crippen molar-refractivity contribution in [1.29, 1.82) is 0 Å². The van der Waals surface area contributed by atoms with E-state index in [-0.39, 0.29) is 22.0 Å². The number of halogens is 5. The van der Waals surface area contributed by atoms with E-state index in [1.807, 2.05) is 0 Å². The second-order valence-corrected chi connectivity index (χ2v) is 9.24. The van der Waals surface area contributed by atoms with Crippen LogP contribution in [0, 0.1) is 13.8 Å². The van der Waals surface area contributed by atoms with E-state index in [0.717, 1.165) is 24.4 Å². The minimum absolute atomic E-state index is 0.00553. The SMILES string of the molecule is Cc1ccnc(C)c1C(=O)c1ncc(Cl)cc1NS(=O)(=O)c1ccc(Cl)c(C(F)(F)F)c1. The lowest BCUT2D eigenvalue weighted by atomic mass is 10.0. The van der Waals surface area contributed by atoms with Gasteiger partial charge < -0.3 is 0 Å². The fraction of sp³-hybridized carbons (Fsp3) is 0.150. The van der Waals surface area contributed by atoms with Gasteiger partial charge in [-0.25, -0.2) is 13.4 Å². The smallest absolute Gasteiger partial charge is 0.287 e. The molecule has 1 N–H and O–H groups in total. The number of alkyl halides is 3. The van der Waals surface area contributed by atoms with Gasteiger partial charge in [0.15, 0.2) is 0 Å². The van der Waals surface area contributed by atoms with Crippen molar-refractivity contribution in [3.05, 3.63) is 80.8 Å². The van der Waals surface area contributed by atoms with Gasteiger partial charge in [0.25, 0.3) is 10.0 Å². The summed E-state index contributed by atoms with van der Waals surface area (Å²) >= 11 is 11.5. The lowest BCUT2D eigenvalue weighted by Crippen LogP contribution is -2.19. The normalized spacial score (nSPS) is 12.0. The van der Waals surface area contributed by atoms with E-state index in [1.54, 1.807) is 19.9 Å². The van der Waals surface area contributed by atoms with Crippen LogP contribution in [0.25, 0.3) is 0 Å². The van der Waals surface area contributed by atoms with E-state index in [2.05, 4.69) is 14.7 Å². The van der Waals surface area contributed by atoms with Crippen molar-refractivity contribution in [3.8, 4) is 0 Å². The Morgan fingerprint density at radius 1 is 1.06 bits per heavy atom. The molecular weight excluding hydrogens is 490 g/mol. The topological polar surface area (TPSA) is 89.0 Å². The Balaban J connectivity index is 2.09. The number of aryl methyl sites for hydroxylation is 2. The molecule has 3 aromatic rings. The Bertz CT molecular complexity index is 1310. The maximum atomic E-state index is 13.2. The van der Waals surface area contributed by atoms with Gasteiger partial charge in [0, 0.05) is 23.7 Å². The third-order valence-corrected chi connectivity index (χ3v) is 6.34. The van der Waals surface area contributed by atoms with Gasteiger partial charge in [-0.2, -0.15) is 13.2 Å². The zero-order chi connectivity index (χ0) is 23.8. The van der Waals surface area contributed by atoms with Crippen LogP contribution in [0.1, 0.15) is 32.9 Å². The number of anilines is 1. The average molecular weight is 504 g/mol. The molecule has 0 saturated heterocycles. The molecule has 0 bridgehead atoms. The lowest BCUT2D eigenvalue weighted by Gasteiger charge is -2.15. The largest absolute Gasteiger partial charge is 0.417 e. The zero-order valence-electron chi connectivity index (χ0n) is 16.5. The van der Waals surface area contributed by atoms with E-state index >= 15 is 0 Å². The third kappa shape index (κ3) is 4.87. The molecule has 6 nitrogen and oxygen atoms in total. The predicted molar refractivity (Wildman–Crippen MR) is 114 cm³/mol. The lowest BCUT2D eigenvalue weighted by molar-refractivity contribution is -0.137. The first-order valence-corrected chi connectivity index (χ1v) is 11.1. The summed E-state index contributed by atoms with van der Waals surface area (Å²) in [4.78, 5) is 20.4. The van der Waals surface area contributed by atoms with Crippen molar-refractivity contribution < 1.29 is 26.4 Å². The molecule has 0 aliphatic carbocycles. The fourth-order valence-electron chi connectivity index (χ4n) is 2.95. The first-order valence-electron chi connectivity index (χ1n) is 8.83. The number of carbonyl (C=O) groups is 1. The van der Waals surface area contributed by atoms with Crippen LogP contribution in [-0.2, 0) is 16.2 Å². The predicted octanol–water partition coefficient (Wildman–Crippen LogP) is 5.45. The summed E-state index contributed by atoms with van der Waals surface area (Å²) in [6.45, 7) is 3.28. The van der Waals surface area contributed by atoms with Crippen molar-refractivity contribution in [3.63, 3.8) is 0 Å². The van der Waals surface area contributed by atoms with Crippen LogP contribution < -0.4 is 4.72 Å². The Kier molecular flexibility index (Phi) is 6.50. The van der Waals surface area contributed by atoms with E-state index < -0.39 is 37.5 Å². The molecular formula is C20H14Cl2F3N3O3S. The first-order chi connectivity index (χ1) is 14.8. The highest BCUT2D eigenvalue weighted by atomic mass is 35.5. The van der Waals surface area contributed by atoms with Crippen LogP contribution in [0.4, 0.5) is 18.9 Å². The number of carbonyl (C=O) groups excluding carboxylic acids is 1. The third-order valence-electron chi connectivity index (χ3n) is 4.44. The Labute approximate surface area is 191 Å². The maximum absolute atomic E-state index is 13.2. The summed E-state index contributed by atoms with van der Waals surface area (Å²) in [5.74, 6) is -0.630.